The van der Waals surface area contributed by atoms with Crippen molar-refractivity contribution < 1.29 is 85.8 Å². The highest BCUT2D eigenvalue weighted by Gasteiger charge is 2.37. The largest absolute Gasteiger partial charge is 0.497 e. The average Bonchev–Trinajstić information content (AvgIpc) is 1.05. The standard InChI is InChI=1S/C71H101N15O20/c1-10-85(11-2)44-22-20-42-31-46(70(102)105-54(42)33-44)61(92)74-26-14-12-17-48(72)63(94)78-37-59(90)86-28-16-19-53(86)68(99)83-50(24-25-56(73)87)64(95)76-36-58(89)81-52(30-39(5)6)67(98)84-51(29-38(3)4)65(96)77-35-57(88)79-40(7)60(91)82-49(66(97)80-41(8)69(100)101)18-13-15-27-75-62(93)47-32-43-21-23-45(104-9)34-55(43)106-71(47)103/h20-23,31-34,38-41,48-53H,10-19,24-30,35-37,72H2,1-9H3,(H2,73,87)(H,74,92)(H,75,93)(H,76,95)(H,77,96)(H,78,94)(H,79,88)(H,80,97)(H,81,89)(H,82,91)(H,83,99)(H,84,98)(H,100,101)/t40-,41-,48-,49-,50-,51-,52-,53-/m0/s1. The zero-order valence-corrected chi connectivity index (χ0v) is 61.3. The van der Waals surface area contributed by atoms with Crippen LogP contribution in [0, 0.1) is 11.8 Å². The van der Waals surface area contributed by atoms with Crippen molar-refractivity contribution >= 4 is 110 Å². The van der Waals surface area contributed by atoms with E-state index in [4.69, 9.17) is 25.0 Å². The van der Waals surface area contributed by atoms with Crippen molar-refractivity contribution in [3.8, 4) is 5.75 Å². The summed E-state index contributed by atoms with van der Waals surface area (Å²) in [6, 6.07) is 2.84. The number of likely N-dealkylation sites (tertiary alicyclic amines) is 1. The highest BCUT2D eigenvalue weighted by molar-refractivity contribution is 6.00. The van der Waals surface area contributed by atoms with Gasteiger partial charge in [0.2, 0.25) is 65.0 Å². The third-order valence-electron chi connectivity index (χ3n) is 17.3. The van der Waals surface area contributed by atoms with Crippen LogP contribution in [0.2, 0.25) is 0 Å². The van der Waals surface area contributed by atoms with E-state index in [1.807, 2.05) is 19.9 Å². The summed E-state index contributed by atoms with van der Waals surface area (Å²) in [5.41, 5.74) is 10.9. The molecule has 0 unspecified atom stereocenters. The van der Waals surface area contributed by atoms with Gasteiger partial charge in [-0.2, -0.15) is 0 Å². The van der Waals surface area contributed by atoms with Gasteiger partial charge in [0.25, 0.3) is 11.8 Å². The van der Waals surface area contributed by atoms with E-state index in [9.17, 15) is 81.8 Å². The molecule has 0 spiro atoms. The molecule has 35 nitrogen and oxygen atoms in total. The van der Waals surface area contributed by atoms with Gasteiger partial charge in [-0.15, -0.1) is 0 Å². The minimum atomic E-state index is -1.45. The molecule has 580 valence electrons. The summed E-state index contributed by atoms with van der Waals surface area (Å²) in [7, 11) is 1.44. The molecule has 2 aromatic carbocycles. The van der Waals surface area contributed by atoms with Crippen LogP contribution < -0.4 is 90.8 Å². The molecule has 4 aromatic rings. The van der Waals surface area contributed by atoms with Gasteiger partial charge in [-0.3, -0.25) is 67.1 Å². The van der Waals surface area contributed by atoms with Crippen LogP contribution in [0.3, 0.4) is 0 Å². The lowest BCUT2D eigenvalue weighted by Crippen LogP contribution is -2.57. The van der Waals surface area contributed by atoms with Crippen molar-refractivity contribution in [2.75, 3.05) is 64.4 Å². The first-order valence-corrected chi connectivity index (χ1v) is 35.4. The van der Waals surface area contributed by atoms with E-state index in [0.29, 0.717) is 41.4 Å². The van der Waals surface area contributed by atoms with Crippen LogP contribution in [0.15, 0.2) is 67.0 Å². The summed E-state index contributed by atoms with van der Waals surface area (Å²) in [5.74, 6) is -11.6. The third-order valence-corrected chi connectivity index (χ3v) is 17.3. The van der Waals surface area contributed by atoms with E-state index in [2.05, 4.69) is 63.4 Å². The first-order chi connectivity index (χ1) is 50.2. The van der Waals surface area contributed by atoms with Gasteiger partial charge in [-0.05, 0) is 147 Å². The predicted molar refractivity (Wildman–Crippen MR) is 387 cm³/mol. The van der Waals surface area contributed by atoms with E-state index in [0.717, 1.165) is 18.8 Å². The zero-order chi connectivity index (χ0) is 78.5. The molecular formula is C71H101N15O20. The lowest BCUT2D eigenvalue weighted by molar-refractivity contribution is -0.141. The topological polar surface area (TPSA) is 520 Å². The second-order valence-electron chi connectivity index (χ2n) is 26.6. The van der Waals surface area contributed by atoms with Gasteiger partial charge < -0.3 is 98.4 Å². The van der Waals surface area contributed by atoms with Crippen LogP contribution in [-0.4, -0.2) is 201 Å². The Hall–Kier alpha value is -11.0. The molecule has 16 N–H and O–H groups in total. The van der Waals surface area contributed by atoms with Gasteiger partial charge >= 0.3 is 17.2 Å². The van der Waals surface area contributed by atoms with Gasteiger partial charge in [0.05, 0.1) is 32.8 Å². The van der Waals surface area contributed by atoms with Crippen molar-refractivity contribution in [3.05, 3.63) is 80.5 Å². The molecule has 8 atom stereocenters. The molecule has 1 aliphatic rings. The fourth-order valence-electron chi connectivity index (χ4n) is 11.5. The van der Waals surface area contributed by atoms with Crippen molar-refractivity contribution in [2.45, 2.75) is 181 Å². The number of aliphatic carboxylic acids is 1. The van der Waals surface area contributed by atoms with Crippen LogP contribution >= 0.6 is 0 Å². The van der Waals surface area contributed by atoms with Gasteiger partial charge in [0.15, 0.2) is 0 Å². The first kappa shape index (κ1) is 85.6. The number of hydrogen-bond acceptors (Lipinski definition) is 21. The molecule has 0 saturated carbocycles. The molecule has 3 heterocycles. The summed E-state index contributed by atoms with van der Waals surface area (Å²) in [4.78, 5) is 213. The van der Waals surface area contributed by atoms with Gasteiger partial charge in [-0.25, -0.2) is 9.59 Å². The van der Waals surface area contributed by atoms with Gasteiger partial charge in [0, 0.05) is 67.7 Å². The Labute approximate surface area is 612 Å². The van der Waals surface area contributed by atoms with E-state index in [1.54, 1.807) is 52.0 Å². The molecule has 106 heavy (non-hydrogen) atoms. The zero-order valence-electron chi connectivity index (χ0n) is 61.3. The minimum Gasteiger partial charge on any atom is -0.497 e. The smallest absolute Gasteiger partial charge is 0.349 e. The summed E-state index contributed by atoms with van der Waals surface area (Å²) < 4.78 is 15.9. The lowest BCUT2D eigenvalue weighted by atomic mass is 10.00. The Kier molecular flexibility index (Phi) is 34.0. The van der Waals surface area contributed by atoms with E-state index >= 15 is 0 Å². The second kappa shape index (κ2) is 42.1. The number of carboxylic acids is 1. The van der Waals surface area contributed by atoms with Crippen molar-refractivity contribution in [1.29, 1.82) is 0 Å². The van der Waals surface area contributed by atoms with Crippen LogP contribution in [0.5, 0.6) is 5.75 Å². The maximum atomic E-state index is 14.0. The molecule has 0 bridgehead atoms. The number of primary amides is 1. The maximum Gasteiger partial charge on any atom is 0.349 e. The number of rotatable bonds is 43. The van der Waals surface area contributed by atoms with E-state index in [-0.39, 0.29) is 106 Å². The Morgan fingerprint density at radius 2 is 1.08 bits per heavy atom. The second-order valence-corrected chi connectivity index (χ2v) is 26.6. The quantitative estimate of drug-likeness (QED) is 0.0193. The Morgan fingerprint density at radius 3 is 1.63 bits per heavy atom. The monoisotopic (exact) mass is 1480 g/mol. The number of fused-ring (bicyclic) bond motifs is 2. The lowest BCUT2D eigenvalue weighted by Gasteiger charge is -2.27. The number of hydrogen-bond donors (Lipinski definition) is 14. The van der Waals surface area contributed by atoms with E-state index < -0.39 is 162 Å². The van der Waals surface area contributed by atoms with Gasteiger partial charge in [-0.1, -0.05) is 27.7 Å². The van der Waals surface area contributed by atoms with E-state index in [1.165, 1.54) is 44.1 Å². The summed E-state index contributed by atoms with van der Waals surface area (Å²) in [5, 5.41) is 38.0. The molecular weight excluding hydrogens is 1380 g/mol. The molecule has 13 amide bonds. The molecule has 35 heteroatoms. The molecule has 1 saturated heterocycles. The predicted octanol–water partition coefficient (Wildman–Crippen LogP) is -0.688. The Morgan fingerprint density at radius 1 is 0.566 bits per heavy atom. The van der Waals surface area contributed by atoms with Crippen molar-refractivity contribution in [2.24, 2.45) is 23.3 Å². The van der Waals surface area contributed by atoms with Crippen LogP contribution in [0.1, 0.15) is 153 Å². The number of nitrogens with zero attached hydrogens (tertiary/aromatic N) is 2. The normalized spacial score (nSPS) is 14.6. The Balaban J connectivity index is 1.07. The third kappa shape index (κ3) is 26.9. The fourth-order valence-corrected chi connectivity index (χ4v) is 11.5. The minimum absolute atomic E-state index is 0.0237. The number of carbonyl (C=O) groups is 14. The molecule has 5 rings (SSSR count). The molecule has 1 fully saturated rings. The number of nitrogens with two attached hydrogens (primary N) is 2. The number of ether oxygens (including phenoxy) is 1. The molecule has 2 aromatic heterocycles. The molecule has 0 aliphatic carbocycles. The summed E-state index contributed by atoms with van der Waals surface area (Å²) >= 11 is 0. The van der Waals surface area contributed by atoms with Crippen LogP contribution in [0.25, 0.3) is 21.9 Å². The number of unbranched alkanes of at least 4 members (excludes halogenated alkanes) is 2. The number of carboxylic acid groups (broad SMARTS) is 1. The van der Waals surface area contributed by atoms with Gasteiger partial charge in [0.1, 0.15) is 70.3 Å². The number of anilines is 1. The SMILES string of the molecule is CCN(CC)c1ccc2cc(C(=O)NCCCC[C@H](N)C(=O)NCC(=O)N3CCC[C@H]3C(=O)N[C@@H](CCC(N)=O)C(=O)NCC(=O)N[C@@H](CC(C)C)C(=O)N[C@@H](CC(C)C)C(=O)NCC(=O)N[C@@H](C)C(=O)N[C@@H](CCCCNC(=O)c3cc4ccc(OC)cc4oc3=O)C(=O)N[C@@H](C)C(=O)O)c(=O)oc2c1. The van der Waals surface area contributed by atoms with Crippen LogP contribution in [-0.2, 0) is 57.5 Å². The highest BCUT2D eigenvalue weighted by atomic mass is 16.5. The summed E-state index contributed by atoms with van der Waals surface area (Å²) in [6.45, 7) is 13.4. The number of amides is 13. The Bertz CT molecular complexity index is 3950. The van der Waals surface area contributed by atoms with Crippen molar-refractivity contribution in [3.63, 3.8) is 0 Å². The highest BCUT2D eigenvalue weighted by Crippen LogP contribution is 2.24. The fraction of sp³-hybridized carbons (Fsp3) is 0.549. The number of nitrogens with one attached hydrogen (secondary N) is 11. The maximum absolute atomic E-state index is 14.0. The van der Waals surface area contributed by atoms with Crippen molar-refractivity contribution in [1.82, 2.24) is 63.4 Å². The number of carbonyl (C=O) groups excluding carboxylic acids is 13. The van der Waals surface area contributed by atoms with Crippen LogP contribution in [0.4, 0.5) is 5.69 Å². The number of benzene rings is 2. The molecule has 1 aliphatic heterocycles. The number of methoxy groups -OCH3 is 1. The summed E-state index contributed by atoms with van der Waals surface area (Å²) in [6.07, 6.45) is 1.26. The first-order valence-electron chi connectivity index (χ1n) is 35.4. The average molecular weight is 1480 g/mol. The molecule has 0 radical (unpaired) electrons.